The van der Waals surface area contributed by atoms with E-state index in [2.05, 4.69) is 36.9 Å². The summed E-state index contributed by atoms with van der Waals surface area (Å²) in [7, 11) is 0. The van der Waals surface area contributed by atoms with Crippen LogP contribution in [0.2, 0.25) is 0 Å². The minimum absolute atomic E-state index is 0.134. The predicted molar refractivity (Wildman–Crippen MR) is 94.7 cm³/mol. The highest BCUT2D eigenvalue weighted by Gasteiger charge is 2.49. The third-order valence-corrected chi connectivity index (χ3v) is 6.39. The van der Waals surface area contributed by atoms with Crippen molar-refractivity contribution in [3.8, 4) is 0 Å². The molecule has 5 nitrogen and oxygen atoms in total. The van der Waals surface area contributed by atoms with Crippen LogP contribution < -0.4 is 0 Å². The Kier molecular flexibility index (Phi) is 4.04. The van der Waals surface area contributed by atoms with Crippen LogP contribution >= 0.6 is 11.8 Å². The summed E-state index contributed by atoms with van der Waals surface area (Å²) < 4.78 is 0. The maximum atomic E-state index is 12.8. The van der Waals surface area contributed by atoms with E-state index in [-0.39, 0.29) is 23.9 Å². The molecule has 4 rings (SSSR count). The Morgan fingerprint density at radius 2 is 1.88 bits per heavy atom. The lowest BCUT2D eigenvalue weighted by molar-refractivity contribution is -0.162. The van der Waals surface area contributed by atoms with Gasteiger partial charge in [0.05, 0.1) is 5.88 Å². The Balaban J connectivity index is 1.50. The second kappa shape index (κ2) is 6.08. The van der Waals surface area contributed by atoms with Crippen molar-refractivity contribution in [2.45, 2.75) is 32.5 Å². The number of nitrogens with zero attached hydrogens (tertiary/aromatic N) is 3. The molecule has 6 heteroatoms. The summed E-state index contributed by atoms with van der Waals surface area (Å²) in [5.41, 5.74) is 3.87. The molecule has 0 saturated carbocycles. The number of aryl methyl sites for hydroxylation is 2. The van der Waals surface area contributed by atoms with Crippen LogP contribution in [0.25, 0.3) is 0 Å². The van der Waals surface area contributed by atoms with E-state index < -0.39 is 0 Å². The zero-order valence-electron chi connectivity index (χ0n) is 14.2. The van der Waals surface area contributed by atoms with Crippen molar-refractivity contribution >= 4 is 23.6 Å². The van der Waals surface area contributed by atoms with Gasteiger partial charge < -0.3 is 9.80 Å². The van der Waals surface area contributed by atoms with Gasteiger partial charge in [-0.2, -0.15) is 0 Å². The van der Waals surface area contributed by atoms with Gasteiger partial charge in [0.15, 0.2) is 0 Å². The van der Waals surface area contributed by atoms with Gasteiger partial charge in [0.1, 0.15) is 12.1 Å². The topological polar surface area (TPSA) is 43.9 Å². The maximum Gasteiger partial charge on any atom is 0.248 e. The van der Waals surface area contributed by atoms with Gasteiger partial charge in [-0.05, 0) is 25.0 Å². The Hall–Kier alpha value is -1.53. The number of thioether (sulfide) groups is 1. The van der Waals surface area contributed by atoms with Gasteiger partial charge in [0, 0.05) is 31.9 Å². The molecule has 1 aromatic rings. The fourth-order valence-corrected chi connectivity index (χ4v) is 5.12. The molecule has 1 aromatic carbocycles. The van der Waals surface area contributed by atoms with Gasteiger partial charge in [-0.1, -0.05) is 23.8 Å². The van der Waals surface area contributed by atoms with Crippen molar-refractivity contribution in [1.29, 1.82) is 0 Å². The number of carbonyl (C=O) groups is 2. The zero-order valence-corrected chi connectivity index (χ0v) is 15.0. The normalized spacial score (nSPS) is 27.4. The van der Waals surface area contributed by atoms with Crippen LogP contribution in [0.3, 0.4) is 0 Å². The van der Waals surface area contributed by atoms with Gasteiger partial charge in [-0.15, -0.1) is 11.8 Å². The summed E-state index contributed by atoms with van der Waals surface area (Å²) in [4.78, 5) is 31.4. The number of rotatable bonds is 2. The molecule has 3 heterocycles. The number of carbonyl (C=O) groups excluding carboxylic acids is 2. The second-order valence-corrected chi connectivity index (χ2v) is 8.04. The lowest BCUT2D eigenvalue weighted by Gasteiger charge is -2.47. The fourth-order valence-electron chi connectivity index (χ4n) is 3.97. The van der Waals surface area contributed by atoms with E-state index in [9.17, 15) is 9.59 Å². The molecule has 0 spiro atoms. The van der Waals surface area contributed by atoms with E-state index in [0.29, 0.717) is 19.0 Å². The van der Waals surface area contributed by atoms with Crippen molar-refractivity contribution in [3.05, 3.63) is 34.9 Å². The summed E-state index contributed by atoms with van der Waals surface area (Å²) in [6.07, 6.45) is 0. The van der Waals surface area contributed by atoms with Crippen LogP contribution in [0, 0.1) is 13.8 Å². The van der Waals surface area contributed by atoms with Crippen LogP contribution in [0.15, 0.2) is 18.2 Å². The van der Waals surface area contributed by atoms with E-state index in [1.807, 2.05) is 4.90 Å². The molecule has 0 bridgehead atoms. The fraction of sp³-hybridized carbons (Fsp3) is 0.556. The first-order chi connectivity index (χ1) is 11.5. The first-order valence-electron chi connectivity index (χ1n) is 8.52. The first kappa shape index (κ1) is 16.0. The molecular weight excluding hydrogens is 322 g/mol. The molecule has 0 unspecified atom stereocenters. The molecule has 3 saturated heterocycles. The molecule has 0 aliphatic carbocycles. The lowest BCUT2D eigenvalue weighted by Crippen LogP contribution is -2.69. The average Bonchev–Trinajstić information content (AvgIpc) is 3.05. The van der Waals surface area contributed by atoms with E-state index in [4.69, 9.17) is 0 Å². The number of hydrogen-bond acceptors (Lipinski definition) is 4. The van der Waals surface area contributed by atoms with Gasteiger partial charge >= 0.3 is 0 Å². The third-order valence-electron chi connectivity index (χ3n) is 5.38. The Morgan fingerprint density at radius 1 is 1.08 bits per heavy atom. The molecule has 3 aliphatic heterocycles. The zero-order chi connectivity index (χ0) is 16.8. The average molecular weight is 345 g/mol. The van der Waals surface area contributed by atoms with Crippen molar-refractivity contribution < 1.29 is 9.59 Å². The molecule has 0 radical (unpaired) electrons. The summed E-state index contributed by atoms with van der Waals surface area (Å²) in [6.45, 7) is 7.23. The molecule has 0 N–H and O–H groups in total. The first-order valence-corrected chi connectivity index (χ1v) is 9.67. The number of fused-ring (bicyclic) bond motifs is 2. The summed E-state index contributed by atoms with van der Waals surface area (Å²) in [5.74, 6) is 1.70. The quantitative estimate of drug-likeness (QED) is 0.809. The van der Waals surface area contributed by atoms with Crippen LogP contribution in [0.5, 0.6) is 0 Å². The molecular formula is C18H23N3O2S. The number of piperazine rings is 2. The predicted octanol–water partition coefficient (Wildman–Crippen LogP) is 1.23. The van der Waals surface area contributed by atoms with Gasteiger partial charge in [0.25, 0.3) is 0 Å². The molecule has 3 fully saturated rings. The third kappa shape index (κ3) is 2.62. The van der Waals surface area contributed by atoms with E-state index in [0.717, 1.165) is 18.8 Å². The van der Waals surface area contributed by atoms with E-state index >= 15 is 0 Å². The second-order valence-electron chi connectivity index (χ2n) is 7.04. The Morgan fingerprint density at radius 3 is 2.67 bits per heavy atom. The molecule has 24 heavy (non-hydrogen) atoms. The van der Waals surface area contributed by atoms with Crippen LogP contribution in [-0.2, 0) is 16.1 Å². The molecule has 2 atom stereocenters. The lowest BCUT2D eigenvalue weighted by atomic mass is 10.0. The summed E-state index contributed by atoms with van der Waals surface area (Å²) in [5, 5.41) is 0. The molecule has 3 aliphatic rings. The van der Waals surface area contributed by atoms with Crippen molar-refractivity contribution in [2.24, 2.45) is 0 Å². The van der Waals surface area contributed by atoms with Crippen molar-refractivity contribution in [2.75, 3.05) is 31.3 Å². The Bertz CT molecular complexity index is 693. The largest absolute Gasteiger partial charge is 0.326 e. The highest BCUT2D eigenvalue weighted by Crippen LogP contribution is 2.30. The summed E-state index contributed by atoms with van der Waals surface area (Å²) in [6, 6.07) is 6.00. The monoisotopic (exact) mass is 345 g/mol. The van der Waals surface area contributed by atoms with Gasteiger partial charge in [-0.3, -0.25) is 14.5 Å². The van der Waals surface area contributed by atoms with E-state index in [1.54, 1.807) is 16.7 Å². The van der Waals surface area contributed by atoms with Crippen molar-refractivity contribution in [1.82, 2.24) is 14.7 Å². The van der Waals surface area contributed by atoms with Crippen molar-refractivity contribution in [3.63, 3.8) is 0 Å². The molecule has 2 amide bonds. The van der Waals surface area contributed by atoms with Gasteiger partial charge in [0.2, 0.25) is 11.8 Å². The summed E-state index contributed by atoms with van der Waals surface area (Å²) >= 11 is 1.68. The maximum absolute atomic E-state index is 12.8. The highest BCUT2D eigenvalue weighted by molar-refractivity contribution is 7.99. The Labute approximate surface area is 147 Å². The van der Waals surface area contributed by atoms with Crippen LogP contribution in [0.4, 0.5) is 0 Å². The number of amides is 2. The van der Waals surface area contributed by atoms with E-state index in [1.165, 1.54) is 16.7 Å². The molecule has 128 valence electrons. The van der Waals surface area contributed by atoms with Gasteiger partial charge in [-0.25, -0.2) is 0 Å². The number of benzene rings is 1. The highest BCUT2D eigenvalue weighted by atomic mass is 32.2. The van der Waals surface area contributed by atoms with Crippen LogP contribution in [-0.4, -0.2) is 69.9 Å². The molecule has 0 aromatic heterocycles. The minimum Gasteiger partial charge on any atom is -0.326 e. The standard InChI is InChI=1S/C18H23N3O2S/c1-12-3-4-14(13(2)7-12)8-19-5-6-20-15(9-19)17(22)21-11-24-10-16(21)18(20)23/h3-4,7,15-16H,5-6,8-11H2,1-2H3/t15-,16+/m1/s1. The van der Waals surface area contributed by atoms with Crippen LogP contribution in [0.1, 0.15) is 16.7 Å². The minimum atomic E-state index is -0.299. The SMILES string of the molecule is Cc1ccc(CN2CCN3C(=O)[C@@H]4CSCN4C(=O)[C@H]3C2)c(C)c1. The number of hydrogen-bond donors (Lipinski definition) is 0. The smallest absolute Gasteiger partial charge is 0.248 e.